The van der Waals surface area contributed by atoms with Crippen LogP contribution in [0.1, 0.15) is 88.0 Å². The Bertz CT molecular complexity index is 800. The minimum atomic E-state index is -1.16. The highest BCUT2D eigenvalue weighted by atomic mass is 16.4. The molecule has 0 spiro atoms. The number of aliphatic hydroxyl groups excluding tert-OH is 1. The van der Waals surface area contributed by atoms with Crippen molar-refractivity contribution in [2.45, 2.75) is 118 Å². The molecule has 6 N–H and O–H groups in total. The molecule has 1 unspecified atom stereocenters. The van der Waals surface area contributed by atoms with E-state index in [0.29, 0.717) is 12.8 Å². The lowest BCUT2D eigenvalue weighted by Crippen LogP contribution is -2.55. The van der Waals surface area contributed by atoms with Crippen molar-refractivity contribution >= 4 is 29.6 Å². The van der Waals surface area contributed by atoms with Gasteiger partial charge < -0.3 is 31.5 Å². The number of nitrogens with one attached hydrogen (secondary N) is 4. The van der Waals surface area contributed by atoms with Crippen LogP contribution < -0.4 is 21.3 Å². The van der Waals surface area contributed by atoms with Crippen LogP contribution in [-0.2, 0) is 24.0 Å². The van der Waals surface area contributed by atoms with Gasteiger partial charge in [-0.25, -0.2) is 4.79 Å². The average molecular weight is 543 g/mol. The smallest absolute Gasteiger partial charge is 0.326 e. The lowest BCUT2D eigenvalue weighted by molar-refractivity contribution is -0.142. The van der Waals surface area contributed by atoms with Gasteiger partial charge in [0.1, 0.15) is 18.1 Å². The number of aliphatic hydroxyl groups is 1. The Morgan fingerprint density at radius 2 is 1.29 bits per heavy atom. The molecule has 11 heteroatoms. The van der Waals surface area contributed by atoms with Gasteiger partial charge >= 0.3 is 5.97 Å². The van der Waals surface area contributed by atoms with Crippen molar-refractivity contribution in [1.82, 2.24) is 21.3 Å². The Hall–Kier alpha value is -2.69. The van der Waals surface area contributed by atoms with Gasteiger partial charge in [0.25, 0.3) is 0 Å². The summed E-state index contributed by atoms with van der Waals surface area (Å²) in [6.07, 6.45) is -0.0732. The molecule has 0 aromatic heterocycles. The zero-order valence-corrected chi connectivity index (χ0v) is 24.5. The van der Waals surface area contributed by atoms with Crippen LogP contribution in [0.15, 0.2) is 0 Å². The fourth-order valence-electron chi connectivity index (χ4n) is 3.92. The summed E-state index contributed by atoms with van der Waals surface area (Å²) in [5.74, 6) is -3.46. The maximum Gasteiger partial charge on any atom is 0.326 e. The summed E-state index contributed by atoms with van der Waals surface area (Å²) >= 11 is 0. The molecule has 0 fully saturated rings. The van der Waals surface area contributed by atoms with Gasteiger partial charge in [-0.1, -0.05) is 55.4 Å². The summed E-state index contributed by atoms with van der Waals surface area (Å²) in [6, 6.07) is -3.43. The van der Waals surface area contributed by atoms with Crippen molar-refractivity contribution in [2.75, 3.05) is 0 Å². The quantitative estimate of drug-likeness (QED) is 0.162. The summed E-state index contributed by atoms with van der Waals surface area (Å²) in [4.78, 5) is 61.5. The van der Waals surface area contributed by atoms with Crippen LogP contribution in [0.4, 0.5) is 0 Å². The molecule has 0 aromatic carbocycles. The van der Waals surface area contributed by atoms with E-state index in [1.54, 1.807) is 13.8 Å². The molecule has 38 heavy (non-hydrogen) atoms. The third-order valence-corrected chi connectivity index (χ3v) is 6.19. The molecule has 0 saturated carbocycles. The van der Waals surface area contributed by atoms with Crippen molar-refractivity contribution in [3.8, 4) is 0 Å². The van der Waals surface area contributed by atoms with Crippen molar-refractivity contribution in [1.29, 1.82) is 0 Å². The molecule has 0 aliphatic rings. The fraction of sp³-hybridized carbons (Fsp3) is 0.815. The summed E-state index contributed by atoms with van der Waals surface area (Å²) in [7, 11) is 0. The zero-order valence-electron chi connectivity index (χ0n) is 24.5. The topological polar surface area (TPSA) is 174 Å². The molecular formula is C27H50N4O7. The van der Waals surface area contributed by atoms with Crippen LogP contribution in [-0.4, -0.2) is 70.1 Å². The fourth-order valence-corrected chi connectivity index (χ4v) is 3.92. The number of rotatable bonds is 17. The van der Waals surface area contributed by atoms with Gasteiger partial charge in [-0.15, -0.1) is 0 Å². The molecule has 0 aromatic rings. The molecule has 0 aliphatic heterocycles. The molecule has 6 atom stereocenters. The summed E-state index contributed by atoms with van der Waals surface area (Å²) < 4.78 is 0. The van der Waals surface area contributed by atoms with Gasteiger partial charge in [-0.05, 0) is 43.9 Å². The Morgan fingerprint density at radius 1 is 0.711 bits per heavy atom. The molecule has 0 bridgehead atoms. The Morgan fingerprint density at radius 3 is 1.74 bits per heavy atom. The monoisotopic (exact) mass is 542 g/mol. The van der Waals surface area contributed by atoms with Crippen molar-refractivity contribution in [3.63, 3.8) is 0 Å². The first kappa shape index (κ1) is 35.3. The van der Waals surface area contributed by atoms with E-state index in [-0.39, 0.29) is 36.5 Å². The van der Waals surface area contributed by atoms with Crippen molar-refractivity contribution < 1.29 is 34.2 Å². The van der Waals surface area contributed by atoms with E-state index in [2.05, 4.69) is 21.3 Å². The number of carboxylic acid groups (broad SMARTS) is 1. The minimum Gasteiger partial charge on any atom is -0.480 e. The second-order valence-corrected chi connectivity index (χ2v) is 11.4. The predicted molar refractivity (Wildman–Crippen MR) is 145 cm³/mol. The van der Waals surface area contributed by atoms with Crippen LogP contribution in [0.25, 0.3) is 0 Å². The maximum absolute atomic E-state index is 13.1. The van der Waals surface area contributed by atoms with Crippen LogP contribution in [0.2, 0.25) is 0 Å². The lowest BCUT2D eigenvalue weighted by Gasteiger charge is -2.30. The summed E-state index contributed by atoms with van der Waals surface area (Å²) in [5, 5.41) is 30.7. The SMILES string of the molecule is CCC(NC(=O)[C@H](C)NC(=O)[C@H](C)C[C@H](O)[C@H](CC(C)C)NC(=O)[C@@H](NC(=O)CC(C)C)C(C)C)C(=O)O. The van der Waals surface area contributed by atoms with Gasteiger partial charge in [0.15, 0.2) is 0 Å². The Labute approximate surface area is 227 Å². The Kier molecular flexibility index (Phi) is 15.8. The number of carbonyl (C=O) groups excluding carboxylic acids is 4. The molecular weight excluding hydrogens is 492 g/mol. The molecule has 220 valence electrons. The summed E-state index contributed by atoms with van der Waals surface area (Å²) in [6.45, 7) is 16.1. The standard InChI is InChI=1S/C27H50N4O7/c1-10-19(27(37)38)29-25(35)18(9)28-24(34)17(8)13-21(32)20(11-14(2)3)30-26(36)23(16(6)7)31-22(33)12-15(4)5/h14-21,23,32H,10-13H2,1-9H3,(H,28,34)(H,29,35)(H,30,36)(H,31,33)(H,37,38)/t17-,18+,19?,20+,21+,23+/m1/s1. The molecule has 0 aliphatic carbocycles. The Balaban J connectivity index is 5.28. The maximum atomic E-state index is 13.1. The average Bonchev–Trinajstić information content (AvgIpc) is 2.78. The molecule has 0 radical (unpaired) electrons. The minimum absolute atomic E-state index is 0.0244. The first-order valence-corrected chi connectivity index (χ1v) is 13.6. The number of carboxylic acids is 1. The molecule has 4 amide bonds. The van der Waals surface area contributed by atoms with E-state index >= 15 is 0 Å². The molecule has 0 heterocycles. The molecule has 11 nitrogen and oxygen atoms in total. The number of hydrogen-bond acceptors (Lipinski definition) is 6. The van der Waals surface area contributed by atoms with Crippen LogP contribution in [0.5, 0.6) is 0 Å². The van der Waals surface area contributed by atoms with Crippen LogP contribution in [0, 0.1) is 23.7 Å². The largest absolute Gasteiger partial charge is 0.480 e. The number of carbonyl (C=O) groups is 5. The number of amides is 4. The number of aliphatic carboxylic acids is 1. The predicted octanol–water partition coefficient (Wildman–Crippen LogP) is 1.58. The van der Waals surface area contributed by atoms with Gasteiger partial charge in [-0.3, -0.25) is 19.2 Å². The molecule has 0 rings (SSSR count). The normalized spacial score (nSPS) is 16.2. The van der Waals surface area contributed by atoms with E-state index in [0.717, 1.165) is 0 Å². The summed E-state index contributed by atoms with van der Waals surface area (Å²) in [5.41, 5.74) is 0. The zero-order chi connectivity index (χ0) is 29.7. The first-order chi connectivity index (χ1) is 17.5. The van der Waals surface area contributed by atoms with Crippen molar-refractivity contribution in [3.05, 3.63) is 0 Å². The van der Waals surface area contributed by atoms with Gasteiger partial charge in [0, 0.05) is 12.3 Å². The van der Waals surface area contributed by atoms with E-state index < -0.39 is 59.9 Å². The first-order valence-electron chi connectivity index (χ1n) is 13.6. The highest BCUT2D eigenvalue weighted by Gasteiger charge is 2.31. The second-order valence-electron chi connectivity index (χ2n) is 11.4. The second kappa shape index (κ2) is 17.0. The van der Waals surface area contributed by atoms with Gasteiger partial charge in [-0.2, -0.15) is 0 Å². The van der Waals surface area contributed by atoms with E-state index in [4.69, 9.17) is 5.11 Å². The molecule has 0 saturated heterocycles. The number of hydrogen-bond donors (Lipinski definition) is 6. The third kappa shape index (κ3) is 13.2. The highest BCUT2D eigenvalue weighted by molar-refractivity contribution is 5.90. The van der Waals surface area contributed by atoms with Crippen LogP contribution >= 0.6 is 0 Å². The highest BCUT2D eigenvalue weighted by Crippen LogP contribution is 2.17. The van der Waals surface area contributed by atoms with Crippen LogP contribution in [0.3, 0.4) is 0 Å². The lowest BCUT2D eigenvalue weighted by atomic mass is 9.91. The van der Waals surface area contributed by atoms with E-state index in [9.17, 15) is 29.1 Å². The third-order valence-electron chi connectivity index (χ3n) is 6.19. The van der Waals surface area contributed by atoms with Gasteiger partial charge in [0.2, 0.25) is 23.6 Å². The van der Waals surface area contributed by atoms with Gasteiger partial charge in [0.05, 0.1) is 12.1 Å². The van der Waals surface area contributed by atoms with E-state index in [1.165, 1.54) is 6.92 Å². The van der Waals surface area contributed by atoms with E-state index in [1.807, 2.05) is 41.5 Å². The van der Waals surface area contributed by atoms with Crippen molar-refractivity contribution in [2.24, 2.45) is 23.7 Å².